The summed E-state index contributed by atoms with van der Waals surface area (Å²) in [6.07, 6.45) is 6.39. The fourth-order valence-corrected chi connectivity index (χ4v) is 3.92. The summed E-state index contributed by atoms with van der Waals surface area (Å²) >= 11 is 0. The van der Waals surface area contributed by atoms with E-state index >= 15 is 0 Å². The molecule has 1 atom stereocenters. The van der Waals surface area contributed by atoms with Crippen molar-refractivity contribution in [3.8, 4) is 5.75 Å². The van der Waals surface area contributed by atoms with Gasteiger partial charge in [0, 0.05) is 12.6 Å². The second kappa shape index (κ2) is 7.75. The molecule has 3 N–H and O–H groups in total. The Morgan fingerprint density at radius 3 is 2.58 bits per heavy atom. The summed E-state index contributed by atoms with van der Waals surface area (Å²) in [5, 5.41) is 3.26. The highest BCUT2D eigenvalue weighted by molar-refractivity contribution is 5.89. The first-order valence-electron chi connectivity index (χ1n) is 8.77. The maximum atomic E-state index is 13.1. The van der Waals surface area contributed by atoms with Gasteiger partial charge in [0.2, 0.25) is 5.91 Å². The van der Waals surface area contributed by atoms with Crippen molar-refractivity contribution in [1.29, 1.82) is 0 Å². The Balaban J connectivity index is 0.00000208. The molecule has 1 amide bonds. The van der Waals surface area contributed by atoms with Crippen LogP contribution in [0.1, 0.15) is 49.7 Å². The second-order valence-corrected chi connectivity index (χ2v) is 7.13. The summed E-state index contributed by atoms with van der Waals surface area (Å²) in [4.78, 5) is 13.1. The Hall–Kier alpha value is -1.26. The molecule has 0 aliphatic heterocycles. The molecule has 1 unspecified atom stereocenters. The lowest BCUT2D eigenvalue weighted by atomic mass is 9.77. The van der Waals surface area contributed by atoms with Gasteiger partial charge >= 0.3 is 0 Å². The van der Waals surface area contributed by atoms with Crippen molar-refractivity contribution in [2.45, 2.75) is 56.9 Å². The number of carbonyl (C=O) groups excluding carboxylic acids is 1. The standard InChI is InChI=1S/C19H28N2O2.ClH/c1-13-5-8-15(11-17(13)23-2)19(9-3-4-10-19)18(22)21-16(12-20)14-6-7-14;/h5,8,11,14,16H,3-4,6-7,9-10,12,20H2,1-2H3,(H,21,22);1H. The Morgan fingerprint density at radius 2 is 2.04 bits per heavy atom. The molecule has 2 aliphatic carbocycles. The fourth-order valence-electron chi connectivity index (χ4n) is 3.92. The Bertz CT molecular complexity index is 581. The molecule has 0 saturated heterocycles. The minimum absolute atomic E-state index is 0. The zero-order valence-electron chi connectivity index (χ0n) is 14.6. The van der Waals surface area contributed by atoms with Gasteiger partial charge in [-0.05, 0) is 55.7 Å². The molecule has 0 bridgehead atoms. The SMILES string of the molecule is COc1cc(C2(C(=O)NC(CN)C3CC3)CCCC2)ccc1C.Cl. The molecule has 0 spiro atoms. The third kappa shape index (κ3) is 3.55. The van der Waals surface area contributed by atoms with Crippen LogP contribution >= 0.6 is 12.4 Å². The van der Waals surface area contributed by atoms with Crippen molar-refractivity contribution in [3.63, 3.8) is 0 Å². The number of halogens is 1. The van der Waals surface area contributed by atoms with Gasteiger partial charge in [-0.25, -0.2) is 0 Å². The summed E-state index contributed by atoms with van der Waals surface area (Å²) in [6.45, 7) is 2.56. The van der Waals surface area contributed by atoms with E-state index in [9.17, 15) is 4.79 Å². The highest BCUT2D eigenvalue weighted by atomic mass is 35.5. The molecule has 2 fully saturated rings. The van der Waals surface area contributed by atoms with Crippen molar-refractivity contribution in [2.75, 3.05) is 13.7 Å². The number of benzene rings is 1. The third-order valence-electron chi connectivity index (χ3n) is 5.61. The lowest BCUT2D eigenvalue weighted by Crippen LogP contribution is -2.50. The normalized spacial score (nSPS) is 20.1. The Labute approximate surface area is 150 Å². The molecule has 1 aromatic carbocycles. The number of aryl methyl sites for hydroxylation is 1. The summed E-state index contributed by atoms with van der Waals surface area (Å²) < 4.78 is 5.47. The van der Waals surface area contributed by atoms with E-state index < -0.39 is 5.41 Å². The number of hydrogen-bond donors (Lipinski definition) is 2. The van der Waals surface area contributed by atoms with Gasteiger partial charge in [-0.1, -0.05) is 25.0 Å². The van der Waals surface area contributed by atoms with Crippen molar-refractivity contribution in [3.05, 3.63) is 29.3 Å². The minimum atomic E-state index is -0.413. The van der Waals surface area contributed by atoms with Crippen LogP contribution in [-0.4, -0.2) is 25.6 Å². The second-order valence-electron chi connectivity index (χ2n) is 7.13. The molecule has 0 aromatic heterocycles. The van der Waals surface area contributed by atoms with Crippen LogP contribution in [0.15, 0.2) is 18.2 Å². The molecule has 3 rings (SSSR count). The highest BCUT2D eigenvalue weighted by Crippen LogP contribution is 2.43. The molecular formula is C19H29ClN2O2. The van der Waals surface area contributed by atoms with Crippen molar-refractivity contribution < 1.29 is 9.53 Å². The van der Waals surface area contributed by atoms with Crippen molar-refractivity contribution in [2.24, 2.45) is 11.7 Å². The first-order valence-corrected chi connectivity index (χ1v) is 8.77. The number of hydrogen-bond acceptors (Lipinski definition) is 3. The molecule has 1 aromatic rings. The molecule has 4 nitrogen and oxygen atoms in total. The molecule has 2 saturated carbocycles. The van der Waals surface area contributed by atoms with E-state index in [0.29, 0.717) is 12.5 Å². The average Bonchev–Trinajstić information content (AvgIpc) is 3.28. The zero-order chi connectivity index (χ0) is 16.4. The topological polar surface area (TPSA) is 64.3 Å². The van der Waals surface area contributed by atoms with Crippen LogP contribution in [0.4, 0.5) is 0 Å². The van der Waals surface area contributed by atoms with Crippen molar-refractivity contribution in [1.82, 2.24) is 5.32 Å². The molecule has 134 valence electrons. The molecule has 2 aliphatic rings. The smallest absolute Gasteiger partial charge is 0.230 e. The zero-order valence-corrected chi connectivity index (χ0v) is 15.5. The summed E-state index contributed by atoms with van der Waals surface area (Å²) in [5.41, 5.74) is 7.64. The van der Waals surface area contributed by atoms with Gasteiger partial charge in [0.1, 0.15) is 5.75 Å². The Morgan fingerprint density at radius 1 is 1.38 bits per heavy atom. The van der Waals surface area contributed by atoms with Gasteiger partial charge in [0.05, 0.1) is 12.5 Å². The fraction of sp³-hybridized carbons (Fsp3) is 0.632. The van der Waals surface area contributed by atoms with E-state index in [1.54, 1.807) is 7.11 Å². The lowest BCUT2D eigenvalue weighted by molar-refractivity contribution is -0.127. The van der Waals surface area contributed by atoms with Gasteiger partial charge in [-0.15, -0.1) is 12.4 Å². The van der Waals surface area contributed by atoms with Crippen LogP contribution in [0, 0.1) is 12.8 Å². The van der Waals surface area contributed by atoms with Crippen LogP contribution in [0.25, 0.3) is 0 Å². The van der Waals surface area contributed by atoms with E-state index in [1.165, 1.54) is 12.8 Å². The van der Waals surface area contributed by atoms with Gasteiger partial charge in [-0.3, -0.25) is 4.79 Å². The number of amides is 1. The number of ether oxygens (including phenoxy) is 1. The van der Waals surface area contributed by atoms with Gasteiger partial charge in [0.15, 0.2) is 0 Å². The van der Waals surface area contributed by atoms with E-state index in [2.05, 4.69) is 23.5 Å². The molecular weight excluding hydrogens is 324 g/mol. The highest BCUT2D eigenvalue weighted by Gasteiger charge is 2.44. The average molecular weight is 353 g/mol. The number of methoxy groups -OCH3 is 1. The third-order valence-corrected chi connectivity index (χ3v) is 5.61. The predicted octanol–water partition coefficient (Wildman–Crippen LogP) is 3.09. The number of nitrogens with one attached hydrogen (secondary N) is 1. The Kier molecular flexibility index (Phi) is 6.16. The summed E-state index contributed by atoms with van der Waals surface area (Å²) in [6, 6.07) is 6.34. The van der Waals surface area contributed by atoms with Crippen LogP contribution in [0.2, 0.25) is 0 Å². The van der Waals surface area contributed by atoms with Gasteiger partial charge < -0.3 is 15.8 Å². The van der Waals surface area contributed by atoms with Crippen LogP contribution in [-0.2, 0) is 10.2 Å². The minimum Gasteiger partial charge on any atom is -0.496 e. The van der Waals surface area contributed by atoms with E-state index in [4.69, 9.17) is 10.5 Å². The molecule has 0 heterocycles. The first-order chi connectivity index (χ1) is 11.1. The number of rotatable bonds is 6. The largest absolute Gasteiger partial charge is 0.496 e. The summed E-state index contributed by atoms with van der Waals surface area (Å²) in [5.74, 6) is 1.59. The van der Waals surface area contributed by atoms with Gasteiger partial charge in [-0.2, -0.15) is 0 Å². The molecule has 0 radical (unpaired) electrons. The maximum Gasteiger partial charge on any atom is 0.230 e. The van der Waals surface area contributed by atoms with Crippen molar-refractivity contribution >= 4 is 18.3 Å². The number of carbonyl (C=O) groups is 1. The quantitative estimate of drug-likeness (QED) is 0.826. The summed E-state index contributed by atoms with van der Waals surface area (Å²) in [7, 11) is 1.69. The van der Waals surface area contributed by atoms with Crippen LogP contribution in [0.3, 0.4) is 0 Å². The van der Waals surface area contributed by atoms with E-state index in [1.807, 2.05) is 6.92 Å². The van der Waals surface area contributed by atoms with Crippen LogP contribution in [0.5, 0.6) is 5.75 Å². The maximum absolute atomic E-state index is 13.1. The monoisotopic (exact) mass is 352 g/mol. The number of nitrogens with two attached hydrogens (primary N) is 1. The first kappa shape index (κ1) is 19.1. The van der Waals surface area contributed by atoms with E-state index in [0.717, 1.165) is 42.6 Å². The van der Waals surface area contributed by atoms with Crippen LogP contribution < -0.4 is 15.8 Å². The lowest BCUT2D eigenvalue weighted by Gasteiger charge is -2.31. The predicted molar refractivity (Wildman–Crippen MR) is 98.8 cm³/mol. The molecule has 24 heavy (non-hydrogen) atoms. The molecule has 5 heteroatoms. The van der Waals surface area contributed by atoms with E-state index in [-0.39, 0.29) is 24.4 Å². The van der Waals surface area contributed by atoms with Gasteiger partial charge in [0.25, 0.3) is 0 Å².